The molecule has 1 aromatic rings. The van der Waals surface area contributed by atoms with Gasteiger partial charge in [-0.05, 0) is 18.9 Å². The second-order valence-electron chi connectivity index (χ2n) is 4.75. The Kier molecular flexibility index (Phi) is 6.81. The van der Waals surface area contributed by atoms with Crippen molar-refractivity contribution in [2.24, 2.45) is 0 Å². The van der Waals surface area contributed by atoms with E-state index in [4.69, 9.17) is 10.5 Å². The molecule has 19 heavy (non-hydrogen) atoms. The highest BCUT2D eigenvalue weighted by molar-refractivity contribution is 5.42. The molecule has 108 valence electrons. The summed E-state index contributed by atoms with van der Waals surface area (Å²) in [6, 6.07) is 5.63. The minimum Gasteiger partial charge on any atom is -0.396 e. The number of benzene rings is 1. The Morgan fingerprint density at radius 3 is 2.58 bits per heavy atom. The van der Waals surface area contributed by atoms with Crippen LogP contribution in [-0.4, -0.2) is 31.2 Å². The monoisotopic (exact) mass is 268 g/mol. The van der Waals surface area contributed by atoms with Crippen molar-refractivity contribution in [3.63, 3.8) is 0 Å². The number of rotatable bonds is 8. The molecule has 0 unspecified atom stereocenters. The Morgan fingerprint density at radius 2 is 2.00 bits per heavy atom. The second-order valence-corrected chi connectivity index (χ2v) is 4.75. The van der Waals surface area contributed by atoms with Gasteiger partial charge in [0.15, 0.2) is 5.82 Å². The lowest BCUT2D eigenvalue weighted by atomic mass is 10.1. The number of nitrogens with two attached hydrogens (primary N) is 1. The van der Waals surface area contributed by atoms with E-state index in [1.807, 2.05) is 0 Å². The molecule has 3 nitrogen and oxygen atoms in total. The summed E-state index contributed by atoms with van der Waals surface area (Å²) in [5.74, 6) is -0.295. The third kappa shape index (κ3) is 4.48. The molecule has 0 bridgehead atoms. The third-order valence-electron chi connectivity index (χ3n) is 3.52. The fourth-order valence-corrected chi connectivity index (χ4v) is 2.34. The molecular weight excluding hydrogens is 243 g/mol. The molecule has 0 aromatic heterocycles. The van der Waals surface area contributed by atoms with Crippen LogP contribution in [0.15, 0.2) is 18.2 Å². The molecule has 0 aliphatic rings. The zero-order valence-corrected chi connectivity index (χ0v) is 12.2. The number of hydrogen-bond donors (Lipinski definition) is 1. The van der Waals surface area contributed by atoms with Crippen molar-refractivity contribution in [3.05, 3.63) is 29.6 Å². The molecule has 0 amide bonds. The number of nitrogens with zero attached hydrogens (tertiary/aromatic N) is 1. The number of hydrogen-bond acceptors (Lipinski definition) is 3. The lowest BCUT2D eigenvalue weighted by Gasteiger charge is -2.30. The van der Waals surface area contributed by atoms with Gasteiger partial charge in [-0.3, -0.25) is 4.90 Å². The van der Waals surface area contributed by atoms with Gasteiger partial charge in [0.1, 0.15) is 0 Å². The minimum atomic E-state index is -0.295. The molecule has 0 saturated heterocycles. The van der Waals surface area contributed by atoms with Gasteiger partial charge >= 0.3 is 0 Å². The maximum absolute atomic E-state index is 14.0. The summed E-state index contributed by atoms with van der Waals surface area (Å²) in [5.41, 5.74) is 6.49. The number of nitrogen functional groups attached to an aromatic ring is 1. The highest BCUT2D eigenvalue weighted by Gasteiger charge is 2.17. The normalized spacial score (nSPS) is 11.5. The van der Waals surface area contributed by atoms with Crippen LogP contribution in [0, 0.1) is 5.82 Å². The minimum absolute atomic E-state index is 0.216. The van der Waals surface area contributed by atoms with E-state index in [2.05, 4.69) is 18.7 Å². The lowest BCUT2D eigenvalue weighted by molar-refractivity contribution is 0.109. The molecular formula is C15H25FN2O. The van der Waals surface area contributed by atoms with Gasteiger partial charge in [0, 0.05) is 31.8 Å². The van der Waals surface area contributed by atoms with Crippen LogP contribution in [0.5, 0.6) is 0 Å². The SMILES string of the molecule is CCC(CC)N(CCOC)Cc1cccc(N)c1F. The molecule has 0 atom stereocenters. The molecule has 1 rings (SSSR count). The molecule has 2 N–H and O–H groups in total. The van der Waals surface area contributed by atoms with Crippen molar-refractivity contribution < 1.29 is 9.13 Å². The Bertz CT molecular complexity index is 380. The molecule has 0 spiro atoms. The van der Waals surface area contributed by atoms with Gasteiger partial charge in [-0.1, -0.05) is 26.0 Å². The molecule has 0 aliphatic carbocycles. The summed E-state index contributed by atoms with van der Waals surface area (Å²) in [5, 5.41) is 0. The van der Waals surface area contributed by atoms with Crippen molar-refractivity contribution in [1.82, 2.24) is 4.90 Å². The number of halogens is 1. The predicted octanol–water partition coefficient (Wildman–Crippen LogP) is 3.04. The fourth-order valence-electron chi connectivity index (χ4n) is 2.34. The molecule has 1 aromatic carbocycles. The van der Waals surface area contributed by atoms with Gasteiger partial charge in [0.2, 0.25) is 0 Å². The van der Waals surface area contributed by atoms with E-state index in [0.29, 0.717) is 24.8 Å². The van der Waals surface area contributed by atoms with Crippen molar-refractivity contribution in [3.8, 4) is 0 Å². The molecule has 0 radical (unpaired) electrons. The van der Waals surface area contributed by atoms with Crippen LogP contribution in [-0.2, 0) is 11.3 Å². The number of ether oxygens (including phenoxy) is 1. The lowest BCUT2D eigenvalue weighted by Crippen LogP contribution is -2.36. The van der Waals surface area contributed by atoms with E-state index in [1.54, 1.807) is 25.3 Å². The molecule has 0 aliphatic heterocycles. The maximum Gasteiger partial charge on any atom is 0.150 e. The van der Waals surface area contributed by atoms with E-state index < -0.39 is 0 Å². The van der Waals surface area contributed by atoms with E-state index in [1.165, 1.54) is 0 Å². The van der Waals surface area contributed by atoms with Crippen molar-refractivity contribution in [2.75, 3.05) is 26.0 Å². The average Bonchev–Trinajstić information content (AvgIpc) is 2.42. The highest BCUT2D eigenvalue weighted by Crippen LogP contribution is 2.19. The van der Waals surface area contributed by atoms with Crippen LogP contribution in [0.2, 0.25) is 0 Å². The Labute approximate surface area is 115 Å². The first kappa shape index (κ1) is 15.9. The summed E-state index contributed by atoms with van der Waals surface area (Å²) in [7, 11) is 1.69. The summed E-state index contributed by atoms with van der Waals surface area (Å²) in [6.07, 6.45) is 2.09. The quantitative estimate of drug-likeness (QED) is 0.736. The Balaban J connectivity index is 2.83. The van der Waals surface area contributed by atoms with Crippen LogP contribution < -0.4 is 5.73 Å². The van der Waals surface area contributed by atoms with Crippen LogP contribution in [0.1, 0.15) is 32.3 Å². The molecule has 0 fully saturated rings. The standard InChI is InChI=1S/C15H25FN2O/c1-4-13(5-2)18(9-10-19-3)11-12-7-6-8-14(17)15(12)16/h6-8,13H,4-5,9-11,17H2,1-3H3. The number of methoxy groups -OCH3 is 1. The fraction of sp³-hybridized carbons (Fsp3) is 0.600. The van der Waals surface area contributed by atoms with Crippen LogP contribution >= 0.6 is 0 Å². The largest absolute Gasteiger partial charge is 0.396 e. The zero-order valence-electron chi connectivity index (χ0n) is 12.2. The van der Waals surface area contributed by atoms with Gasteiger partial charge in [-0.2, -0.15) is 0 Å². The summed E-state index contributed by atoms with van der Waals surface area (Å²) in [6.45, 7) is 6.34. The van der Waals surface area contributed by atoms with E-state index in [0.717, 1.165) is 19.4 Å². The van der Waals surface area contributed by atoms with Crippen molar-refractivity contribution in [1.29, 1.82) is 0 Å². The van der Waals surface area contributed by atoms with Gasteiger partial charge in [-0.25, -0.2) is 4.39 Å². The topological polar surface area (TPSA) is 38.5 Å². The highest BCUT2D eigenvalue weighted by atomic mass is 19.1. The van der Waals surface area contributed by atoms with Crippen LogP contribution in [0.4, 0.5) is 10.1 Å². The summed E-state index contributed by atoms with van der Waals surface area (Å²) in [4.78, 5) is 2.27. The Hall–Kier alpha value is -1.13. The molecule has 0 saturated carbocycles. The predicted molar refractivity (Wildman–Crippen MR) is 77.5 cm³/mol. The van der Waals surface area contributed by atoms with E-state index in [9.17, 15) is 4.39 Å². The first-order chi connectivity index (χ1) is 9.13. The van der Waals surface area contributed by atoms with Crippen molar-refractivity contribution >= 4 is 5.69 Å². The van der Waals surface area contributed by atoms with Crippen molar-refractivity contribution in [2.45, 2.75) is 39.3 Å². The maximum atomic E-state index is 14.0. The van der Waals surface area contributed by atoms with Crippen LogP contribution in [0.25, 0.3) is 0 Å². The smallest absolute Gasteiger partial charge is 0.150 e. The Morgan fingerprint density at radius 1 is 1.32 bits per heavy atom. The zero-order chi connectivity index (χ0) is 14.3. The van der Waals surface area contributed by atoms with Gasteiger partial charge in [0.25, 0.3) is 0 Å². The summed E-state index contributed by atoms with van der Waals surface area (Å²) >= 11 is 0. The first-order valence-corrected chi connectivity index (χ1v) is 6.89. The van der Waals surface area contributed by atoms with Gasteiger partial charge in [0.05, 0.1) is 12.3 Å². The van der Waals surface area contributed by atoms with E-state index in [-0.39, 0.29) is 11.5 Å². The number of anilines is 1. The first-order valence-electron chi connectivity index (χ1n) is 6.89. The average molecular weight is 268 g/mol. The van der Waals surface area contributed by atoms with Gasteiger partial charge in [-0.15, -0.1) is 0 Å². The van der Waals surface area contributed by atoms with Crippen LogP contribution in [0.3, 0.4) is 0 Å². The third-order valence-corrected chi connectivity index (χ3v) is 3.52. The van der Waals surface area contributed by atoms with Gasteiger partial charge < -0.3 is 10.5 Å². The molecule has 0 heterocycles. The van der Waals surface area contributed by atoms with E-state index >= 15 is 0 Å². The molecule has 4 heteroatoms. The second kappa shape index (κ2) is 8.12. The summed E-state index contributed by atoms with van der Waals surface area (Å²) < 4.78 is 19.1.